The van der Waals surface area contributed by atoms with Gasteiger partial charge in [-0.05, 0) is 39.9 Å². The molecule has 1 aliphatic carbocycles. The standard InChI is InChI=1S/C21H29N3O3/c1-14-11-24(15(2)13-25)21(26)18-9-17(8-7-16-5-6-16)10-22-20(18)27-19(14)12-23(3)4/h9-10,14-16,19,25H,5-6,11-13H2,1-4H3/t14-,15-,19-/m0/s1. The lowest BCUT2D eigenvalue weighted by Crippen LogP contribution is -2.49. The lowest BCUT2D eigenvalue weighted by atomic mass is 10.00. The molecule has 3 rings (SSSR count). The number of amides is 1. The monoisotopic (exact) mass is 371 g/mol. The van der Waals surface area contributed by atoms with Crippen LogP contribution in [0.5, 0.6) is 5.88 Å². The quantitative estimate of drug-likeness (QED) is 0.815. The number of aliphatic hydroxyl groups excluding tert-OH is 1. The van der Waals surface area contributed by atoms with Gasteiger partial charge in [0, 0.05) is 36.7 Å². The van der Waals surface area contributed by atoms with Crippen molar-refractivity contribution in [1.82, 2.24) is 14.8 Å². The van der Waals surface area contributed by atoms with Crippen LogP contribution in [-0.4, -0.2) is 71.7 Å². The van der Waals surface area contributed by atoms with Gasteiger partial charge in [-0.15, -0.1) is 0 Å². The summed E-state index contributed by atoms with van der Waals surface area (Å²) >= 11 is 0. The molecule has 0 radical (unpaired) electrons. The van der Waals surface area contributed by atoms with Crippen LogP contribution in [0.2, 0.25) is 0 Å². The fourth-order valence-corrected chi connectivity index (χ4v) is 3.16. The second kappa shape index (κ2) is 8.28. The Morgan fingerprint density at radius 1 is 1.44 bits per heavy atom. The Morgan fingerprint density at radius 2 is 2.19 bits per heavy atom. The van der Waals surface area contributed by atoms with Crippen LogP contribution in [0, 0.1) is 23.7 Å². The maximum atomic E-state index is 13.2. The molecule has 3 atom stereocenters. The van der Waals surface area contributed by atoms with E-state index in [1.165, 1.54) is 0 Å². The summed E-state index contributed by atoms with van der Waals surface area (Å²) in [5.74, 6) is 7.11. The van der Waals surface area contributed by atoms with E-state index in [4.69, 9.17) is 4.74 Å². The van der Waals surface area contributed by atoms with Gasteiger partial charge in [0.05, 0.1) is 12.6 Å². The van der Waals surface area contributed by atoms with Crippen molar-refractivity contribution in [2.24, 2.45) is 11.8 Å². The molecule has 27 heavy (non-hydrogen) atoms. The van der Waals surface area contributed by atoms with Crippen LogP contribution < -0.4 is 4.74 Å². The van der Waals surface area contributed by atoms with Gasteiger partial charge in [0.2, 0.25) is 5.88 Å². The molecule has 6 heteroatoms. The normalized spacial score (nSPS) is 23.6. The van der Waals surface area contributed by atoms with E-state index in [0.29, 0.717) is 23.9 Å². The first-order chi connectivity index (χ1) is 12.9. The number of carbonyl (C=O) groups excluding carboxylic acids is 1. The highest BCUT2D eigenvalue weighted by molar-refractivity contribution is 5.97. The number of aromatic nitrogens is 1. The molecule has 0 spiro atoms. The fourth-order valence-electron chi connectivity index (χ4n) is 3.16. The molecule has 1 saturated carbocycles. The van der Waals surface area contributed by atoms with E-state index < -0.39 is 0 Å². The van der Waals surface area contributed by atoms with Gasteiger partial charge < -0.3 is 19.6 Å². The summed E-state index contributed by atoms with van der Waals surface area (Å²) in [6.45, 7) is 5.09. The molecule has 1 aromatic heterocycles. The molecule has 2 heterocycles. The van der Waals surface area contributed by atoms with Crippen molar-refractivity contribution in [1.29, 1.82) is 0 Å². The summed E-state index contributed by atoms with van der Waals surface area (Å²) < 4.78 is 6.17. The highest BCUT2D eigenvalue weighted by Gasteiger charge is 2.33. The van der Waals surface area contributed by atoms with Gasteiger partial charge >= 0.3 is 0 Å². The van der Waals surface area contributed by atoms with Gasteiger partial charge in [0.25, 0.3) is 5.91 Å². The van der Waals surface area contributed by atoms with Crippen LogP contribution in [0.1, 0.15) is 42.6 Å². The molecule has 0 bridgehead atoms. The van der Waals surface area contributed by atoms with E-state index in [1.807, 2.05) is 21.0 Å². The Labute approximate surface area is 161 Å². The third-order valence-electron chi connectivity index (χ3n) is 5.06. The van der Waals surface area contributed by atoms with Crippen LogP contribution in [0.25, 0.3) is 0 Å². The minimum absolute atomic E-state index is 0.0817. The second-order valence-electron chi connectivity index (χ2n) is 8.01. The van der Waals surface area contributed by atoms with Gasteiger partial charge in [-0.3, -0.25) is 4.79 Å². The Kier molecular flexibility index (Phi) is 6.03. The average Bonchev–Trinajstić information content (AvgIpc) is 3.46. The van der Waals surface area contributed by atoms with E-state index in [2.05, 4.69) is 28.6 Å². The van der Waals surface area contributed by atoms with Crippen molar-refractivity contribution in [2.45, 2.75) is 38.8 Å². The molecule has 1 fully saturated rings. The lowest BCUT2D eigenvalue weighted by molar-refractivity contribution is 0.0348. The van der Waals surface area contributed by atoms with Crippen LogP contribution >= 0.6 is 0 Å². The molecule has 0 aromatic carbocycles. The predicted molar refractivity (Wildman–Crippen MR) is 104 cm³/mol. The summed E-state index contributed by atoms with van der Waals surface area (Å²) in [4.78, 5) is 21.4. The van der Waals surface area contributed by atoms with Crippen molar-refractivity contribution >= 4 is 5.91 Å². The number of pyridine rings is 1. The molecule has 1 aromatic rings. The van der Waals surface area contributed by atoms with Crippen molar-refractivity contribution in [3.8, 4) is 17.7 Å². The van der Waals surface area contributed by atoms with Gasteiger partial charge in [0.1, 0.15) is 11.7 Å². The van der Waals surface area contributed by atoms with Gasteiger partial charge in [-0.2, -0.15) is 0 Å². The number of hydrogen-bond donors (Lipinski definition) is 1. The third kappa shape index (κ3) is 4.79. The Morgan fingerprint density at radius 3 is 2.81 bits per heavy atom. The van der Waals surface area contributed by atoms with Gasteiger partial charge in [-0.1, -0.05) is 18.8 Å². The topological polar surface area (TPSA) is 65.9 Å². The van der Waals surface area contributed by atoms with Crippen molar-refractivity contribution in [3.05, 3.63) is 23.4 Å². The minimum atomic E-state index is -0.271. The summed E-state index contributed by atoms with van der Waals surface area (Å²) in [5, 5.41) is 9.65. The Bertz CT molecular complexity index is 749. The van der Waals surface area contributed by atoms with E-state index in [-0.39, 0.29) is 30.6 Å². The SMILES string of the molecule is C[C@H]1CN([C@@H](C)CO)C(=O)c2cc(C#CC3CC3)cnc2O[C@H]1CN(C)C. The first-order valence-electron chi connectivity index (χ1n) is 9.63. The molecule has 1 amide bonds. The highest BCUT2D eigenvalue weighted by Crippen LogP contribution is 2.29. The van der Waals surface area contributed by atoms with Crippen LogP contribution in [-0.2, 0) is 0 Å². The lowest BCUT2D eigenvalue weighted by Gasteiger charge is -2.37. The Hall–Kier alpha value is -2.10. The van der Waals surface area contributed by atoms with Gasteiger partial charge in [-0.25, -0.2) is 4.98 Å². The minimum Gasteiger partial charge on any atom is -0.472 e. The van der Waals surface area contributed by atoms with Crippen molar-refractivity contribution in [2.75, 3.05) is 33.8 Å². The predicted octanol–water partition coefficient (Wildman–Crippen LogP) is 1.62. The molecule has 2 aliphatic rings. The van der Waals surface area contributed by atoms with E-state index >= 15 is 0 Å². The molecule has 1 aliphatic heterocycles. The van der Waals surface area contributed by atoms with Crippen molar-refractivity contribution in [3.63, 3.8) is 0 Å². The largest absolute Gasteiger partial charge is 0.472 e. The number of hydrogen-bond acceptors (Lipinski definition) is 5. The van der Waals surface area contributed by atoms with Crippen LogP contribution in [0.3, 0.4) is 0 Å². The Balaban J connectivity index is 1.98. The number of likely N-dealkylation sites (N-methyl/N-ethyl adjacent to an activating group) is 1. The molecular weight excluding hydrogens is 342 g/mol. The van der Waals surface area contributed by atoms with Crippen LogP contribution in [0.4, 0.5) is 0 Å². The zero-order valence-electron chi connectivity index (χ0n) is 16.6. The number of ether oxygens (including phenoxy) is 1. The molecular formula is C21H29N3O3. The number of fused-ring (bicyclic) bond motifs is 1. The summed E-state index contributed by atoms with van der Waals surface area (Å²) in [7, 11) is 4.00. The smallest absolute Gasteiger partial charge is 0.259 e. The maximum absolute atomic E-state index is 13.2. The number of aliphatic hydroxyl groups is 1. The first kappa shape index (κ1) is 19.7. The third-order valence-corrected chi connectivity index (χ3v) is 5.06. The number of carbonyl (C=O) groups is 1. The average molecular weight is 371 g/mol. The first-order valence-corrected chi connectivity index (χ1v) is 9.63. The van der Waals surface area contributed by atoms with Gasteiger partial charge in [0.15, 0.2) is 0 Å². The molecule has 0 saturated heterocycles. The second-order valence-corrected chi connectivity index (χ2v) is 8.01. The number of nitrogens with zero attached hydrogens (tertiary/aromatic N) is 3. The van der Waals surface area contributed by atoms with E-state index in [1.54, 1.807) is 17.2 Å². The van der Waals surface area contributed by atoms with Crippen molar-refractivity contribution < 1.29 is 14.6 Å². The number of rotatable bonds is 4. The molecule has 146 valence electrons. The maximum Gasteiger partial charge on any atom is 0.259 e. The highest BCUT2D eigenvalue weighted by atomic mass is 16.5. The van der Waals surface area contributed by atoms with Crippen LogP contribution in [0.15, 0.2) is 12.3 Å². The molecule has 0 unspecified atom stereocenters. The molecule has 6 nitrogen and oxygen atoms in total. The zero-order valence-corrected chi connectivity index (χ0v) is 16.6. The summed E-state index contributed by atoms with van der Waals surface area (Å²) in [6.07, 6.45) is 3.88. The van der Waals surface area contributed by atoms with E-state index in [0.717, 1.165) is 24.9 Å². The molecule has 1 N–H and O–H groups in total. The summed E-state index contributed by atoms with van der Waals surface area (Å²) in [6, 6.07) is 1.51. The fraction of sp³-hybridized carbons (Fsp3) is 0.619. The van der Waals surface area contributed by atoms with E-state index in [9.17, 15) is 9.90 Å². The summed E-state index contributed by atoms with van der Waals surface area (Å²) in [5.41, 5.74) is 1.15. The zero-order chi connectivity index (χ0) is 19.6.